The molecule has 19 heavy (non-hydrogen) atoms. The minimum atomic E-state index is -0.216. The van der Waals surface area contributed by atoms with Gasteiger partial charge in [0.2, 0.25) is 5.89 Å². The molecule has 1 aliphatic rings. The van der Waals surface area contributed by atoms with E-state index in [0.29, 0.717) is 31.2 Å². The second-order valence-electron chi connectivity index (χ2n) is 4.94. The van der Waals surface area contributed by atoms with E-state index in [1.165, 1.54) is 5.56 Å². The standard InChI is InChI=1S/C14H17N3O2/c18-12-6-7-17(9-12)10-14-15-13(16-19-14)8-11-4-2-1-3-5-11/h1-5,12,18H,6-10H2/t12-/m1/s1. The third-order valence-electron chi connectivity index (χ3n) is 3.32. The molecule has 1 N–H and O–H groups in total. The van der Waals surface area contributed by atoms with Crippen LogP contribution in [0.15, 0.2) is 34.9 Å². The average Bonchev–Trinajstić information content (AvgIpc) is 3.01. The van der Waals surface area contributed by atoms with Crippen molar-refractivity contribution in [3.63, 3.8) is 0 Å². The summed E-state index contributed by atoms with van der Waals surface area (Å²) in [5.41, 5.74) is 1.17. The molecule has 2 heterocycles. The van der Waals surface area contributed by atoms with Gasteiger partial charge >= 0.3 is 0 Å². The van der Waals surface area contributed by atoms with Crippen molar-refractivity contribution in [2.75, 3.05) is 13.1 Å². The molecule has 2 aromatic rings. The van der Waals surface area contributed by atoms with Gasteiger partial charge in [0.25, 0.3) is 0 Å². The van der Waals surface area contributed by atoms with E-state index in [-0.39, 0.29) is 6.10 Å². The Morgan fingerprint density at radius 3 is 2.89 bits per heavy atom. The number of nitrogens with zero attached hydrogens (tertiary/aromatic N) is 3. The summed E-state index contributed by atoms with van der Waals surface area (Å²) >= 11 is 0. The number of hydrogen-bond donors (Lipinski definition) is 1. The topological polar surface area (TPSA) is 62.4 Å². The summed E-state index contributed by atoms with van der Waals surface area (Å²) in [4.78, 5) is 6.52. The van der Waals surface area contributed by atoms with Gasteiger partial charge in [-0.1, -0.05) is 35.5 Å². The Labute approximate surface area is 111 Å². The highest BCUT2D eigenvalue weighted by molar-refractivity contribution is 5.18. The van der Waals surface area contributed by atoms with Gasteiger partial charge in [0.15, 0.2) is 5.82 Å². The Morgan fingerprint density at radius 2 is 2.16 bits per heavy atom. The van der Waals surface area contributed by atoms with Gasteiger partial charge in [-0.25, -0.2) is 0 Å². The Morgan fingerprint density at radius 1 is 1.32 bits per heavy atom. The second-order valence-corrected chi connectivity index (χ2v) is 4.94. The van der Waals surface area contributed by atoms with E-state index in [4.69, 9.17) is 4.52 Å². The van der Waals surface area contributed by atoms with Gasteiger partial charge in [0.1, 0.15) is 0 Å². The van der Waals surface area contributed by atoms with Gasteiger partial charge < -0.3 is 9.63 Å². The molecule has 0 amide bonds. The summed E-state index contributed by atoms with van der Waals surface area (Å²) in [7, 11) is 0. The lowest BCUT2D eigenvalue weighted by Gasteiger charge is -2.10. The van der Waals surface area contributed by atoms with Crippen molar-refractivity contribution in [3.05, 3.63) is 47.6 Å². The lowest BCUT2D eigenvalue weighted by atomic mass is 10.1. The predicted molar refractivity (Wildman–Crippen MR) is 69.4 cm³/mol. The molecule has 1 fully saturated rings. The molecule has 1 aromatic carbocycles. The van der Waals surface area contributed by atoms with Crippen molar-refractivity contribution in [2.45, 2.75) is 25.5 Å². The van der Waals surface area contributed by atoms with E-state index < -0.39 is 0 Å². The molecule has 0 unspecified atom stereocenters. The van der Waals surface area contributed by atoms with Crippen molar-refractivity contribution in [3.8, 4) is 0 Å². The molecule has 0 spiro atoms. The minimum Gasteiger partial charge on any atom is -0.392 e. The molecule has 1 aliphatic heterocycles. The van der Waals surface area contributed by atoms with Gasteiger partial charge in [-0.15, -0.1) is 0 Å². The molecule has 5 heteroatoms. The maximum Gasteiger partial charge on any atom is 0.240 e. The molecule has 100 valence electrons. The second kappa shape index (κ2) is 5.50. The van der Waals surface area contributed by atoms with Gasteiger partial charge in [-0.2, -0.15) is 4.98 Å². The van der Waals surface area contributed by atoms with Crippen LogP contribution in [0.3, 0.4) is 0 Å². The van der Waals surface area contributed by atoms with Crippen LogP contribution in [-0.2, 0) is 13.0 Å². The predicted octanol–water partition coefficient (Wildman–Crippen LogP) is 1.23. The molecule has 0 saturated carbocycles. The van der Waals surface area contributed by atoms with Gasteiger partial charge in [0.05, 0.1) is 12.6 Å². The summed E-state index contributed by atoms with van der Waals surface area (Å²) < 4.78 is 5.25. The number of hydrogen-bond acceptors (Lipinski definition) is 5. The smallest absolute Gasteiger partial charge is 0.240 e. The van der Waals surface area contributed by atoms with Crippen LogP contribution in [0.25, 0.3) is 0 Å². The highest BCUT2D eigenvalue weighted by atomic mass is 16.5. The fourth-order valence-electron chi connectivity index (χ4n) is 2.35. The minimum absolute atomic E-state index is 0.216. The molecule has 0 bridgehead atoms. The van der Waals surface area contributed by atoms with Crippen LogP contribution >= 0.6 is 0 Å². The monoisotopic (exact) mass is 259 g/mol. The lowest BCUT2D eigenvalue weighted by Crippen LogP contribution is -2.21. The number of aliphatic hydroxyl groups is 1. The van der Waals surface area contributed by atoms with E-state index in [0.717, 1.165) is 13.0 Å². The fraction of sp³-hybridized carbons (Fsp3) is 0.429. The first-order chi connectivity index (χ1) is 9.29. The summed E-state index contributed by atoms with van der Waals surface area (Å²) in [6.45, 7) is 2.20. The zero-order valence-corrected chi connectivity index (χ0v) is 10.7. The normalized spacial score (nSPS) is 19.9. The van der Waals surface area contributed by atoms with Crippen LogP contribution in [0.1, 0.15) is 23.7 Å². The van der Waals surface area contributed by atoms with Crippen molar-refractivity contribution in [2.24, 2.45) is 0 Å². The van der Waals surface area contributed by atoms with Crippen LogP contribution in [0.5, 0.6) is 0 Å². The number of benzene rings is 1. The Kier molecular flexibility index (Phi) is 3.57. The first-order valence-corrected chi connectivity index (χ1v) is 6.55. The van der Waals surface area contributed by atoms with Gasteiger partial charge in [-0.3, -0.25) is 4.90 Å². The first-order valence-electron chi connectivity index (χ1n) is 6.55. The third-order valence-corrected chi connectivity index (χ3v) is 3.32. The Hall–Kier alpha value is -1.72. The van der Waals surface area contributed by atoms with E-state index in [9.17, 15) is 5.11 Å². The molecule has 1 saturated heterocycles. The van der Waals surface area contributed by atoms with Gasteiger partial charge in [-0.05, 0) is 12.0 Å². The average molecular weight is 259 g/mol. The van der Waals surface area contributed by atoms with Crippen LogP contribution < -0.4 is 0 Å². The van der Waals surface area contributed by atoms with Crippen LogP contribution in [0.2, 0.25) is 0 Å². The molecular formula is C14H17N3O2. The lowest BCUT2D eigenvalue weighted by molar-refractivity contribution is 0.169. The van der Waals surface area contributed by atoms with E-state index in [1.54, 1.807) is 0 Å². The van der Waals surface area contributed by atoms with E-state index in [2.05, 4.69) is 15.0 Å². The number of rotatable bonds is 4. The van der Waals surface area contributed by atoms with Crippen molar-refractivity contribution in [1.82, 2.24) is 15.0 Å². The summed E-state index contributed by atoms with van der Waals surface area (Å²) in [6, 6.07) is 10.1. The molecule has 0 aliphatic carbocycles. The quantitative estimate of drug-likeness (QED) is 0.894. The number of aromatic nitrogens is 2. The number of likely N-dealkylation sites (tertiary alicyclic amines) is 1. The van der Waals surface area contributed by atoms with Crippen LogP contribution in [0.4, 0.5) is 0 Å². The maximum atomic E-state index is 9.47. The fourth-order valence-corrected chi connectivity index (χ4v) is 2.35. The zero-order valence-electron chi connectivity index (χ0n) is 10.7. The maximum absolute atomic E-state index is 9.47. The molecule has 1 atom stereocenters. The van der Waals surface area contributed by atoms with Crippen molar-refractivity contribution in [1.29, 1.82) is 0 Å². The number of β-amino-alcohol motifs (C(OH)–C–C–N with tert-alkyl or cyclic N) is 1. The highest BCUT2D eigenvalue weighted by Crippen LogP contribution is 2.13. The zero-order chi connectivity index (χ0) is 13.1. The largest absolute Gasteiger partial charge is 0.392 e. The highest BCUT2D eigenvalue weighted by Gasteiger charge is 2.22. The molecule has 5 nitrogen and oxygen atoms in total. The van der Waals surface area contributed by atoms with Crippen molar-refractivity contribution < 1.29 is 9.63 Å². The van der Waals surface area contributed by atoms with Crippen molar-refractivity contribution >= 4 is 0 Å². The van der Waals surface area contributed by atoms with Crippen LogP contribution in [-0.4, -0.2) is 39.3 Å². The van der Waals surface area contributed by atoms with Crippen LogP contribution in [0, 0.1) is 0 Å². The SMILES string of the molecule is O[C@@H]1CCN(Cc2nc(Cc3ccccc3)no2)C1. The summed E-state index contributed by atoms with van der Waals surface area (Å²) in [6.07, 6.45) is 1.30. The van der Waals surface area contributed by atoms with E-state index in [1.807, 2.05) is 30.3 Å². The number of aliphatic hydroxyl groups excluding tert-OH is 1. The Balaban J connectivity index is 1.60. The van der Waals surface area contributed by atoms with E-state index >= 15 is 0 Å². The summed E-state index contributed by atoms with van der Waals surface area (Å²) in [5.74, 6) is 1.33. The van der Waals surface area contributed by atoms with Gasteiger partial charge in [0, 0.05) is 19.5 Å². The molecule has 1 aromatic heterocycles. The first kappa shape index (κ1) is 12.3. The Bertz CT molecular complexity index is 526. The third kappa shape index (κ3) is 3.19. The summed E-state index contributed by atoms with van der Waals surface area (Å²) in [5, 5.41) is 13.5. The molecular weight excluding hydrogens is 242 g/mol. The molecule has 3 rings (SSSR count). The molecule has 0 radical (unpaired) electrons.